The molecule has 18 heavy (non-hydrogen) atoms. The van der Waals surface area contributed by atoms with E-state index in [9.17, 15) is 0 Å². The van der Waals surface area contributed by atoms with Crippen LogP contribution in [0.3, 0.4) is 0 Å². The fourth-order valence-electron chi connectivity index (χ4n) is 2.13. The lowest BCUT2D eigenvalue weighted by atomic mass is 10.2. The van der Waals surface area contributed by atoms with Gasteiger partial charge in [-0.25, -0.2) is 4.98 Å². The number of para-hydroxylation sites is 1. The molecule has 94 valence electrons. The lowest BCUT2D eigenvalue weighted by Gasteiger charge is -2.15. The number of aliphatic imine (C=N–C) groups is 1. The second-order valence-electron chi connectivity index (χ2n) is 4.52. The standard InChI is InChI=1S/C13H17N5/c1-9-4-2-5-10-12(9)18-11(17-10)8-16-13-14-6-3-7-15-13/h2,4-5H,3,6-8H2,1H3,(H,17,18)(H2,14,15,16). The Labute approximate surface area is 106 Å². The molecule has 0 saturated carbocycles. The van der Waals surface area contributed by atoms with Crippen LogP contribution in [0, 0.1) is 6.92 Å². The second kappa shape index (κ2) is 4.68. The lowest BCUT2D eigenvalue weighted by molar-refractivity contribution is 0.695. The molecule has 1 aliphatic heterocycles. The summed E-state index contributed by atoms with van der Waals surface area (Å²) in [5, 5.41) is 6.50. The van der Waals surface area contributed by atoms with Gasteiger partial charge < -0.3 is 15.6 Å². The third-order valence-corrected chi connectivity index (χ3v) is 3.08. The van der Waals surface area contributed by atoms with Gasteiger partial charge in [-0.2, -0.15) is 0 Å². The molecule has 1 aliphatic rings. The van der Waals surface area contributed by atoms with Gasteiger partial charge in [-0.05, 0) is 25.0 Å². The van der Waals surface area contributed by atoms with Crippen LogP contribution in [-0.2, 0) is 6.54 Å². The van der Waals surface area contributed by atoms with Gasteiger partial charge in [0.2, 0.25) is 0 Å². The Morgan fingerprint density at radius 3 is 3.11 bits per heavy atom. The van der Waals surface area contributed by atoms with Gasteiger partial charge in [0.1, 0.15) is 5.82 Å². The Kier molecular flexibility index (Phi) is 2.88. The summed E-state index contributed by atoms with van der Waals surface area (Å²) in [6, 6.07) is 6.17. The number of imidazole rings is 1. The molecule has 0 atom stereocenters. The first-order valence-electron chi connectivity index (χ1n) is 6.29. The molecule has 0 radical (unpaired) electrons. The first-order valence-corrected chi connectivity index (χ1v) is 6.29. The van der Waals surface area contributed by atoms with E-state index in [1.54, 1.807) is 0 Å². The van der Waals surface area contributed by atoms with E-state index in [2.05, 4.69) is 44.7 Å². The highest BCUT2D eigenvalue weighted by Crippen LogP contribution is 2.15. The number of aryl methyl sites for hydroxylation is 1. The summed E-state index contributed by atoms with van der Waals surface area (Å²) in [5.41, 5.74) is 3.33. The highest BCUT2D eigenvalue weighted by atomic mass is 15.2. The molecule has 3 N–H and O–H groups in total. The number of aromatic nitrogens is 2. The van der Waals surface area contributed by atoms with E-state index in [-0.39, 0.29) is 0 Å². The average Bonchev–Trinajstić information content (AvgIpc) is 2.82. The van der Waals surface area contributed by atoms with Crippen molar-refractivity contribution in [3.63, 3.8) is 0 Å². The average molecular weight is 243 g/mol. The number of H-pyrrole nitrogens is 1. The summed E-state index contributed by atoms with van der Waals surface area (Å²) in [4.78, 5) is 12.3. The molecule has 0 aliphatic carbocycles. The number of guanidine groups is 1. The van der Waals surface area contributed by atoms with Gasteiger partial charge in [-0.3, -0.25) is 4.99 Å². The Hall–Kier alpha value is -2.04. The van der Waals surface area contributed by atoms with Gasteiger partial charge in [0.05, 0.1) is 17.6 Å². The van der Waals surface area contributed by atoms with E-state index in [4.69, 9.17) is 0 Å². The summed E-state index contributed by atoms with van der Waals surface area (Å²) in [7, 11) is 0. The lowest BCUT2D eigenvalue weighted by Crippen LogP contribution is -2.40. The Morgan fingerprint density at radius 1 is 1.39 bits per heavy atom. The van der Waals surface area contributed by atoms with Crippen LogP contribution in [0.2, 0.25) is 0 Å². The van der Waals surface area contributed by atoms with Crippen LogP contribution in [0.4, 0.5) is 0 Å². The number of hydrogen-bond donors (Lipinski definition) is 3. The van der Waals surface area contributed by atoms with Crippen molar-refractivity contribution in [2.45, 2.75) is 19.9 Å². The van der Waals surface area contributed by atoms with Crippen molar-refractivity contribution in [1.29, 1.82) is 0 Å². The summed E-state index contributed by atoms with van der Waals surface area (Å²) >= 11 is 0. The van der Waals surface area contributed by atoms with E-state index in [1.807, 2.05) is 6.07 Å². The molecule has 0 unspecified atom stereocenters. The fraction of sp³-hybridized carbons (Fsp3) is 0.385. The Bertz CT molecular complexity index is 584. The molecule has 0 fully saturated rings. The molecule has 1 aromatic carbocycles. The monoisotopic (exact) mass is 243 g/mol. The molecule has 5 nitrogen and oxygen atoms in total. The van der Waals surface area contributed by atoms with E-state index in [1.165, 1.54) is 5.56 Å². The number of nitrogens with zero attached hydrogens (tertiary/aromatic N) is 2. The first-order chi connectivity index (χ1) is 8.83. The van der Waals surface area contributed by atoms with Crippen LogP contribution in [0.15, 0.2) is 23.2 Å². The molecule has 0 spiro atoms. The van der Waals surface area contributed by atoms with Crippen molar-refractivity contribution in [3.8, 4) is 0 Å². The number of aromatic amines is 1. The zero-order valence-corrected chi connectivity index (χ0v) is 10.5. The van der Waals surface area contributed by atoms with Gasteiger partial charge in [0, 0.05) is 13.1 Å². The molecular formula is C13H17N5. The fourth-order valence-corrected chi connectivity index (χ4v) is 2.13. The van der Waals surface area contributed by atoms with E-state index in [0.29, 0.717) is 6.54 Å². The topological polar surface area (TPSA) is 65.1 Å². The Balaban J connectivity index is 1.75. The summed E-state index contributed by atoms with van der Waals surface area (Å²) in [5.74, 6) is 1.81. The molecule has 5 heteroatoms. The maximum absolute atomic E-state index is 4.60. The van der Waals surface area contributed by atoms with Crippen LogP contribution in [0.25, 0.3) is 11.0 Å². The maximum Gasteiger partial charge on any atom is 0.191 e. The van der Waals surface area contributed by atoms with Crippen LogP contribution < -0.4 is 10.6 Å². The summed E-state index contributed by atoms with van der Waals surface area (Å²) in [6.45, 7) is 4.63. The highest BCUT2D eigenvalue weighted by Gasteiger charge is 2.07. The number of benzene rings is 1. The first kappa shape index (κ1) is 11.1. The largest absolute Gasteiger partial charge is 0.356 e. The van der Waals surface area contributed by atoms with Crippen molar-refractivity contribution in [3.05, 3.63) is 29.6 Å². The Morgan fingerprint density at radius 2 is 2.33 bits per heavy atom. The number of rotatable bonds is 2. The van der Waals surface area contributed by atoms with Gasteiger partial charge in [0.15, 0.2) is 5.96 Å². The normalized spacial score (nSPS) is 15.3. The van der Waals surface area contributed by atoms with Crippen LogP contribution in [-0.4, -0.2) is 29.0 Å². The van der Waals surface area contributed by atoms with E-state index in [0.717, 1.165) is 42.3 Å². The van der Waals surface area contributed by atoms with Crippen molar-refractivity contribution < 1.29 is 0 Å². The minimum atomic E-state index is 0.667. The molecule has 0 amide bonds. The molecule has 0 bridgehead atoms. The minimum Gasteiger partial charge on any atom is -0.356 e. The molecule has 1 aromatic heterocycles. The van der Waals surface area contributed by atoms with Crippen LogP contribution in [0.1, 0.15) is 17.8 Å². The second-order valence-corrected chi connectivity index (χ2v) is 4.52. The maximum atomic E-state index is 4.60. The van der Waals surface area contributed by atoms with Crippen LogP contribution >= 0.6 is 0 Å². The zero-order valence-electron chi connectivity index (χ0n) is 10.5. The third kappa shape index (κ3) is 2.16. The van der Waals surface area contributed by atoms with Gasteiger partial charge in [-0.15, -0.1) is 0 Å². The zero-order chi connectivity index (χ0) is 12.4. The van der Waals surface area contributed by atoms with E-state index < -0.39 is 0 Å². The number of fused-ring (bicyclic) bond motifs is 1. The van der Waals surface area contributed by atoms with Gasteiger partial charge >= 0.3 is 0 Å². The molecule has 0 saturated heterocycles. The SMILES string of the molecule is Cc1cccc2[nH]c(CNC3=NCCCN3)nc12. The molecule has 2 aromatic rings. The molecule has 2 heterocycles. The number of hydrogen-bond acceptors (Lipinski definition) is 4. The summed E-state index contributed by atoms with van der Waals surface area (Å²) in [6.07, 6.45) is 1.11. The van der Waals surface area contributed by atoms with E-state index >= 15 is 0 Å². The van der Waals surface area contributed by atoms with Crippen molar-refractivity contribution in [1.82, 2.24) is 20.6 Å². The van der Waals surface area contributed by atoms with Crippen molar-refractivity contribution in [2.24, 2.45) is 4.99 Å². The predicted octanol–water partition coefficient (Wildman–Crippen LogP) is 1.31. The highest BCUT2D eigenvalue weighted by molar-refractivity contribution is 5.81. The summed E-state index contributed by atoms with van der Waals surface area (Å²) < 4.78 is 0. The molecule has 3 rings (SSSR count). The van der Waals surface area contributed by atoms with Gasteiger partial charge in [0.25, 0.3) is 0 Å². The van der Waals surface area contributed by atoms with Gasteiger partial charge in [-0.1, -0.05) is 12.1 Å². The number of nitrogens with one attached hydrogen (secondary N) is 3. The minimum absolute atomic E-state index is 0.667. The third-order valence-electron chi connectivity index (χ3n) is 3.08. The smallest absolute Gasteiger partial charge is 0.191 e. The molecular weight excluding hydrogens is 226 g/mol. The van der Waals surface area contributed by atoms with Crippen LogP contribution in [0.5, 0.6) is 0 Å². The quantitative estimate of drug-likeness (QED) is 0.745. The predicted molar refractivity (Wildman–Crippen MR) is 72.6 cm³/mol. The van der Waals surface area contributed by atoms with Crippen molar-refractivity contribution >= 4 is 17.0 Å². The van der Waals surface area contributed by atoms with Crippen molar-refractivity contribution in [2.75, 3.05) is 13.1 Å².